The summed E-state index contributed by atoms with van der Waals surface area (Å²) in [4.78, 5) is 22.4. The van der Waals surface area contributed by atoms with Crippen molar-refractivity contribution in [2.24, 2.45) is 17.8 Å². The lowest BCUT2D eigenvalue weighted by atomic mass is 9.80. The van der Waals surface area contributed by atoms with Crippen LogP contribution in [0.25, 0.3) is 0 Å². The van der Waals surface area contributed by atoms with Crippen LogP contribution in [0.3, 0.4) is 0 Å². The quantitative estimate of drug-likeness (QED) is 0.729. The van der Waals surface area contributed by atoms with Crippen LogP contribution in [0.5, 0.6) is 0 Å². The van der Waals surface area contributed by atoms with Crippen LogP contribution in [0.2, 0.25) is 0 Å². The van der Waals surface area contributed by atoms with Crippen LogP contribution in [0.1, 0.15) is 32.1 Å². The van der Waals surface area contributed by atoms with E-state index in [0.29, 0.717) is 5.92 Å². The van der Waals surface area contributed by atoms with Gasteiger partial charge in [-0.25, -0.2) is 0 Å². The van der Waals surface area contributed by atoms with Gasteiger partial charge in [-0.3, -0.25) is 9.59 Å². The van der Waals surface area contributed by atoms with Gasteiger partial charge in [0.15, 0.2) is 0 Å². The molecule has 2 rings (SSSR count). The second kappa shape index (κ2) is 4.21. The maximum absolute atomic E-state index is 11.6. The molecule has 4 heteroatoms. The molecule has 2 unspecified atom stereocenters. The van der Waals surface area contributed by atoms with Crippen LogP contribution in [-0.4, -0.2) is 23.5 Å². The molecule has 0 aromatic heterocycles. The highest BCUT2D eigenvalue weighted by Crippen LogP contribution is 2.44. The number of carbonyl (C=O) groups excluding carboxylic acids is 1. The third kappa shape index (κ3) is 2.49. The second-order valence-corrected chi connectivity index (χ2v) is 4.64. The molecular formula is C11H17NO3. The largest absolute Gasteiger partial charge is 0.481 e. The summed E-state index contributed by atoms with van der Waals surface area (Å²) in [6.45, 7) is 0.750. The van der Waals surface area contributed by atoms with Crippen LogP contribution in [0, 0.1) is 17.8 Å². The molecule has 84 valence electrons. The lowest BCUT2D eigenvalue weighted by Gasteiger charge is -2.28. The number of rotatable bonds is 4. The molecule has 2 atom stereocenters. The van der Waals surface area contributed by atoms with Crippen LogP contribution in [-0.2, 0) is 9.59 Å². The first-order valence-electron chi connectivity index (χ1n) is 5.68. The number of amides is 1. The van der Waals surface area contributed by atoms with E-state index in [9.17, 15) is 9.59 Å². The minimum Gasteiger partial charge on any atom is -0.481 e. The Morgan fingerprint density at radius 2 is 2.20 bits per heavy atom. The number of carbonyl (C=O) groups is 2. The van der Waals surface area contributed by atoms with Crippen molar-refractivity contribution in [2.45, 2.75) is 32.1 Å². The van der Waals surface area contributed by atoms with Crippen LogP contribution < -0.4 is 5.32 Å². The number of carboxylic acids is 1. The summed E-state index contributed by atoms with van der Waals surface area (Å²) in [5.74, 6) is -0.204. The lowest BCUT2D eigenvalue weighted by molar-refractivity contribution is -0.140. The van der Waals surface area contributed by atoms with Crippen molar-refractivity contribution < 1.29 is 14.7 Å². The number of hydrogen-bond acceptors (Lipinski definition) is 2. The zero-order valence-electron chi connectivity index (χ0n) is 8.74. The monoisotopic (exact) mass is 211 g/mol. The Morgan fingerprint density at radius 1 is 1.47 bits per heavy atom. The van der Waals surface area contributed by atoms with Gasteiger partial charge in [-0.2, -0.15) is 0 Å². The minimum atomic E-state index is -0.773. The van der Waals surface area contributed by atoms with Crippen molar-refractivity contribution >= 4 is 11.9 Å². The number of piperidine rings is 1. The highest BCUT2D eigenvalue weighted by molar-refractivity contribution is 5.80. The maximum atomic E-state index is 11.6. The molecule has 0 aromatic rings. The molecule has 1 amide bonds. The lowest BCUT2D eigenvalue weighted by Crippen LogP contribution is -2.41. The fourth-order valence-corrected chi connectivity index (χ4v) is 2.57. The minimum absolute atomic E-state index is 0.0534. The third-order valence-corrected chi connectivity index (χ3v) is 3.48. The fourth-order valence-electron chi connectivity index (χ4n) is 2.57. The average molecular weight is 211 g/mol. The summed E-state index contributed by atoms with van der Waals surface area (Å²) in [6.07, 6.45) is 4.20. The molecule has 0 spiro atoms. The van der Waals surface area contributed by atoms with Gasteiger partial charge >= 0.3 is 5.97 Å². The van der Waals surface area contributed by atoms with Crippen molar-refractivity contribution in [3.63, 3.8) is 0 Å². The molecule has 15 heavy (non-hydrogen) atoms. The maximum Gasteiger partial charge on any atom is 0.303 e. The molecule has 4 nitrogen and oxygen atoms in total. The number of carboxylic acid groups (broad SMARTS) is 1. The van der Waals surface area contributed by atoms with Crippen LogP contribution in [0.15, 0.2) is 0 Å². The molecule has 1 heterocycles. The van der Waals surface area contributed by atoms with Crippen molar-refractivity contribution in [3.05, 3.63) is 0 Å². The summed E-state index contributed by atoms with van der Waals surface area (Å²) in [5.41, 5.74) is 0. The van der Waals surface area contributed by atoms with E-state index in [0.717, 1.165) is 32.2 Å². The molecule has 1 saturated heterocycles. The summed E-state index contributed by atoms with van der Waals surface area (Å²) in [7, 11) is 0. The number of nitrogens with one attached hydrogen (secondary N) is 1. The normalized spacial score (nSPS) is 28.3. The van der Waals surface area contributed by atoms with Gasteiger partial charge in [-0.05, 0) is 37.5 Å². The predicted octanol–water partition coefficient (Wildman–Crippen LogP) is 1.01. The molecule has 1 aliphatic heterocycles. The zero-order chi connectivity index (χ0) is 10.8. The highest BCUT2D eigenvalue weighted by Gasteiger charge is 2.41. The first-order chi connectivity index (χ1) is 7.18. The van der Waals surface area contributed by atoms with Crippen molar-refractivity contribution in [1.29, 1.82) is 0 Å². The Balaban J connectivity index is 2.01. The first-order valence-corrected chi connectivity index (χ1v) is 5.68. The van der Waals surface area contributed by atoms with Gasteiger partial charge in [0.1, 0.15) is 0 Å². The van der Waals surface area contributed by atoms with E-state index < -0.39 is 5.97 Å². The van der Waals surface area contributed by atoms with Gasteiger partial charge in [0.2, 0.25) is 5.91 Å². The van der Waals surface area contributed by atoms with E-state index >= 15 is 0 Å². The second-order valence-electron chi connectivity index (χ2n) is 4.64. The summed E-state index contributed by atoms with van der Waals surface area (Å²) < 4.78 is 0. The van der Waals surface area contributed by atoms with E-state index in [1.165, 1.54) is 0 Å². The highest BCUT2D eigenvalue weighted by atomic mass is 16.4. The molecule has 2 aliphatic rings. The van der Waals surface area contributed by atoms with Gasteiger partial charge in [0.25, 0.3) is 0 Å². The molecule has 1 aliphatic carbocycles. The standard InChI is InChI=1S/C11H17NO3/c13-10(14)6-9(7-3-4-7)8-2-1-5-12-11(8)15/h7-9H,1-6H2,(H,12,15)(H,13,14). The van der Waals surface area contributed by atoms with E-state index in [1.807, 2.05) is 0 Å². The van der Waals surface area contributed by atoms with Gasteiger partial charge < -0.3 is 10.4 Å². The Hall–Kier alpha value is -1.06. The summed E-state index contributed by atoms with van der Waals surface area (Å²) in [6, 6.07) is 0. The van der Waals surface area contributed by atoms with Gasteiger partial charge in [0, 0.05) is 18.9 Å². The van der Waals surface area contributed by atoms with E-state index in [4.69, 9.17) is 5.11 Å². The molecule has 2 fully saturated rings. The van der Waals surface area contributed by atoms with Crippen molar-refractivity contribution in [1.82, 2.24) is 5.32 Å². The van der Waals surface area contributed by atoms with Crippen LogP contribution >= 0.6 is 0 Å². The van der Waals surface area contributed by atoms with Gasteiger partial charge in [-0.1, -0.05) is 0 Å². The molecule has 0 radical (unpaired) electrons. The molecule has 0 bridgehead atoms. The Labute approximate surface area is 89.0 Å². The van der Waals surface area contributed by atoms with E-state index in [2.05, 4.69) is 5.32 Å². The molecule has 0 aromatic carbocycles. The molecule has 2 N–H and O–H groups in total. The number of hydrogen-bond donors (Lipinski definition) is 2. The van der Waals surface area contributed by atoms with Gasteiger partial charge in [0.05, 0.1) is 0 Å². The van der Waals surface area contributed by atoms with Crippen molar-refractivity contribution in [3.8, 4) is 0 Å². The average Bonchev–Trinajstić information content (AvgIpc) is 2.98. The fraction of sp³-hybridized carbons (Fsp3) is 0.818. The SMILES string of the molecule is O=C(O)CC(C1CC1)C1CCCNC1=O. The predicted molar refractivity (Wildman–Crippen MR) is 54.2 cm³/mol. The smallest absolute Gasteiger partial charge is 0.303 e. The molecular weight excluding hydrogens is 194 g/mol. The van der Waals surface area contributed by atoms with Crippen LogP contribution in [0.4, 0.5) is 0 Å². The summed E-state index contributed by atoms with van der Waals surface area (Å²) >= 11 is 0. The topological polar surface area (TPSA) is 66.4 Å². The Kier molecular flexibility index (Phi) is 2.93. The molecule has 1 saturated carbocycles. The first kappa shape index (κ1) is 10.5. The Morgan fingerprint density at radius 3 is 2.73 bits per heavy atom. The van der Waals surface area contributed by atoms with Crippen molar-refractivity contribution in [2.75, 3.05) is 6.54 Å². The third-order valence-electron chi connectivity index (χ3n) is 3.48. The Bertz CT molecular complexity index is 273. The van der Waals surface area contributed by atoms with E-state index in [1.54, 1.807) is 0 Å². The number of aliphatic carboxylic acids is 1. The summed E-state index contributed by atoms with van der Waals surface area (Å²) in [5, 5.41) is 11.7. The zero-order valence-corrected chi connectivity index (χ0v) is 8.74. The van der Waals surface area contributed by atoms with Gasteiger partial charge in [-0.15, -0.1) is 0 Å². The van der Waals surface area contributed by atoms with E-state index in [-0.39, 0.29) is 24.2 Å².